The summed E-state index contributed by atoms with van der Waals surface area (Å²) in [7, 11) is 1.43. The Morgan fingerprint density at radius 3 is 2.46 bits per heavy atom. The van der Waals surface area contributed by atoms with E-state index in [1.165, 1.54) is 49.6 Å². The molecular formula is C26H17ClF3N3O7S. The van der Waals surface area contributed by atoms with E-state index in [0.29, 0.717) is 35.3 Å². The maximum Gasteiger partial charge on any atom is 0.416 e. The third-order valence-corrected chi connectivity index (χ3v) is 6.72. The summed E-state index contributed by atoms with van der Waals surface area (Å²) in [5.74, 6) is -1.56. The van der Waals surface area contributed by atoms with Gasteiger partial charge < -0.3 is 14.8 Å². The lowest BCUT2D eigenvalue weighted by molar-refractivity contribution is -0.385. The summed E-state index contributed by atoms with van der Waals surface area (Å²) in [4.78, 5) is 49.1. The molecule has 0 atom stereocenters. The monoisotopic (exact) mass is 607 g/mol. The molecular weight excluding hydrogens is 591 g/mol. The number of hydrogen-bond donors (Lipinski definition) is 1. The van der Waals surface area contributed by atoms with Crippen molar-refractivity contribution in [2.24, 2.45) is 0 Å². The van der Waals surface area contributed by atoms with Crippen LogP contribution < -0.4 is 14.8 Å². The van der Waals surface area contributed by atoms with Crippen molar-refractivity contribution in [2.75, 3.05) is 19.0 Å². The van der Waals surface area contributed by atoms with E-state index in [0.717, 1.165) is 11.0 Å². The second-order valence-corrected chi connectivity index (χ2v) is 9.64. The number of nitrogens with zero attached hydrogens (tertiary/aromatic N) is 2. The molecule has 212 valence electrons. The maximum absolute atomic E-state index is 13.0. The first-order chi connectivity index (χ1) is 19.4. The highest BCUT2D eigenvalue weighted by Gasteiger charge is 2.37. The summed E-state index contributed by atoms with van der Waals surface area (Å²) in [5, 5.41) is 13.5. The van der Waals surface area contributed by atoms with Gasteiger partial charge in [-0.25, -0.2) is 0 Å². The van der Waals surface area contributed by atoms with Crippen molar-refractivity contribution in [3.05, 3.63) is 91.8 Å². The Kier molecular flexibility index (Phi) is 8.54. The molecule has 1 N–H and O–H groups in total. The number of amides is 3. The number of alkyl halides is 3. The summed E-state index contributed by atoms with van der Waals surface area (Å²) in [6, 6.07) is 12.2. The fourth-order valence-electron chi connectivity index (χ4n) is 3.60. The van der Waals surface area contributed by atoms with Gasteiger partial charge in [-0.3, -0.25) is 29.4 Å². The van der Waals surface area contributed by atoms with Crippen LogP contribution >= 0.6 is 23.4 Å². The number of hydrogen-bond acceptors (Lipinski definition) is 8. The first-order valence-electron chi connectivity index (χ1n) is 11.4. The van der Waals surface area contributed by atoms with E-state index in [1.807, 2.05) is 0 Å². The van der Waals surface area contributed by atoms with E-state index in [1.54, 1.807) is 6.07 Å². The van der Waals surface area contributed by atoms with Crippen LogP contribution in [0.4, 0.5) is 29.3 Å². The topological polar surface area (TPSA) is 128 Å². The number of carbonyl (C=O) groups is 3. The van der Waals surface area contributed by atoms with Crippen molar-refractivity contribution in [1.82, 2.24) is 4.90 Å². The van der Waals surface area contributed by atoms with Gasteiger partial charge in [-0.15, -0.1) is 0 Å². The van der Waals surface area contributed by atoms with Gasteiger partial charge in [0.05, 0.1) is 27.5 Å². The fourth-order valence-corrected chi connectivity index (χ4v) is 4.69. The second-order valence-electron chi connectivity index (χ2n) is 8.24. The van der Waals surface area contributed by atoms with Gasteiger partial charge in [-0.05, 0) is 54.2 Å². The quantitative estimate of drug-likeness (QED) is 0.169. The molecule has 0 unspecified atom stereocenters. The second kappa shape index (κ2) is 11.9. The lowest BCUT2D eigenvalue weighted by atomic mass is 10.1. The molecule has 1 fully saturated rings. The predicted molar refractivity (Wildman–Crippen MR) is 144 cm³/mol. The normalized spacial score (nSPS) is 14.4. The molecule has 15 heteroatoms. The number of para-hydroxylation sites is 1. The summed E-state index contributed by atoms with van der Waals surface area (Å²) < 4.78 is 49.7. The van der Waals surface area contributed by atoms with E-state index < -0.39 is 51.7 Å². The highest BCUT2D eigenvalue weighted by atomic mass is 35.5. The minimum absolute atomic E-state index is 0.0312. The van der Waals surface area contributed by atoms with Crippen LogP contribution in [0.25, 0.3) is 6.08 Å². The minimum Gasteiger partial charge on any atom is -0.495 e. The number of ether oxygens (including phenoxy) is 2. The lowest BCUT2D eigenvalue weighted by Crippen LogP contribution is -2.36. The van der Waals surface area contributed by atoms with Gasteiger partial charge in [0.1, 0.15) is 18.0 Å². The third-order valence-electron chi connectivity index (χ3n) is 5.52. The third kappa shape index (κ3) is 6.78. The number of nitro groups is 1. The molecule has 3 aromatic rings. The van der Waals surface area contributed by atoms with Crippen molar-refractivity contribution in [3.63, 3.8) is 0 Å². The van der Waals surface area contributed by atoms with Gasteiger partial charge in [0.25, 0.3) is 11.1 Å². The van der Waals surface area contributed by atoms with Gasteiger partial charge in [0.15, 0.2) is 0 Å². The van der Waals surface area contributed by atoms with Crippen LogP contribution in [0.5, 0.6) is 17.2 Å². The van der Waals surface area contributed by atoms with E-state index in [9.17, 15) is 37.7 Å². The van der Waals surface area contributed by atoms with Gasteiger partial charge >= 0.3 is 11.9 Å². The highest BCUT2D eigenvalue weighted by Crippen LogP contribution is 2.40. The highest BCUT2D eigenvalue weighted by molar-refractivity contribution is 8.18. The zero-order chi connectivity index (χ0) is 29.9. The number of nitro benzene ring substituents is 1. The van der Waals surface area contributed by atoms with Crippen LogP contribution in [0, 0.1) is 10.1 Å². The minimum atomic E-state index is -4.80. The van der Waals surface area contributed by atoms with Gasteiger partial charge in [0.2, 0.25) is 11.7 Å². The maximum atomic E-state index is 13.0. The molecule has 3 amide bonds. The molecule has 0 aliphatic carbocycles. The Bertz CT molecular complexity index is 1600. The standard InChI is InChI=1S/C26H17ClF3N3O7S/c1-39-20-9-7-16(12-17(20)27)31-23(34)13-32-24(35)22(41-25(32)36)10-14-4-2-3-5-19(14)40-21-8-6-15(26(28,29)30)11-18(21)33(37)38/h2-12H,13H2,1H3,(H,31,34)/b22-10+. The Morgan fingerprint density at radius 1 is 1.10 bits per heavy atom. The summed E-state index contributed by atoms with van der Waals surface area (Å²) in [5.41, 5.74) is -1.63. The Hall–Kier alpha value is -4.56. The number of halogens is 4. The van der Waals surface area contributed by atoms with Crippen molar-refractivity contribution in [2.45, 2.75) is 6.18 Å². The first-order valence-corrected chi connectivity index (χ1v) is 12.6. The molecule has 1 heterocycles. The van der Waals surface area contributed by atoms with Crippen LogP contribution in [0.1, 0.15) is 11.1 Å². The average Bonchev–Trinajstić information content (AvgIpc) is 3.16. The van der Waals surface area contributed by atoms with Crippen LogP contribution in [-0.4, -0.2) is 40.5 Å². The van der Waals surface area contributed by atoms with Crippen molar-refractivity contribution in [1.29, 1.82) is 0 Å². The predicted octanol–water partition coefficient (Wildman–Crippen LogP) is 6.74. The van der Waals surface area contributed by atoms with E-state index >= 15 is 0 Å². The molecule has 0 saturated carbocycles. The number of rotatable bonds is 8. The Morgan fingerprint density at radius 2 is 1.80 bits per heavy atom. The van der Waals surface area contributed by atoms with Gasteiger partial charge in [-0.2, -0.15) is 13.2 Å². The van der Waals surface area contributed by atoms with Crippen LogP contribution in [0.3, 0.4) is 0 Å². The smallest absolute Gasteiger partial charge is 0.416 e. The van der Waals surface area contributed by atoms with E-state index in [4.69, 9.17) is 21.1 Å². The number of carbonyl (C=O) groups excluding carboxylic acids is 3. The molecule has 0 radical (unpaired) electrons. The molecule has 10 nitrogen and oxygen atoms in total. The lowest BCUT2D eigenvalue weighted by Gasteiger charge is -2.13. The average molecular weight is 608 g/mol. The number of methoxy groups -OCH3 is 1. The Labute approximate surface area is 238 Å². The molecule has 1 aliphatic heterocycles. The molecule has 41 heavy (non-hydrogen) atoms. The zero-order valence-electron chi connectivity index (χ0n) is 20.7. The molecule has 0 spiro atoms. The fraction of sp³-hybridized carbons (Fsp3) is 0.115. The molecule has 4 rings (SSSR count). The van der Waals surface area contributed by atoms with Crippen LogP contribution in [0.15, 0.2) is 65.6 Å². The number of imide groups is 1. The SMILES string of the molecule is COc1ccc(NC(=O)CN2C(=O)S/C(=C/c3ccccc3Oc3ccc(C(F)(F)F)cc3[N+](=O)[O-])C2=O)cc1Cl. The Balaban J connectivity index is 1.53. The number of benzene rings is 3. The summed E-state index contributed by atoms with van der Waals surface area (Å²) in [6.45, 7) is -0.596. The summed E-state index contributed by atoms with van der Waals surface area (Å²) in [6.07, 6.45) is -3.53. The van der Waals surface area contributed by atoms with E-state index in [-0.39, 0.29) is 21.2 Å². The number of anilines is 1. The van der Waals surface area contributed by atoms with Crippen molar-refractivity contribution in [3.8, 4) is 17.2 Å². The zero-order valence-corrected chi connectivity index (χ0v) is 22.3. The molecule has 1 saturated heterocycles. The van der Waals surface area contributed by atoms with Gasteiger partial charge in [-0.1, -0.05) is 29.8 Å². The largest absolute Gasteiger partial charge is 0.495 e. The molecule has 0 aromatic heterocycles. The van der Waals surface area contributed by atoms with Crippen molar-refractivity contribution < 1.29 is 42.0 Å². The number of nitrogens with one attached hydrogen (secondary N) is 1. The number of thioether (sulfide) groups is 1. The molecule has 0 bridgehead atoms. The van der Waals surface area contributed by atoms with Crippen LogP contribution in [-0.2, 0) is 15.8 Å². The molecule has 3 aromatic carbocycles. The summed E-state index contributed by atoms with van der Waals surface area (Å²) >= 11 is 6.60. The van der Waals surface area contributed by atoms with Gasteiger partial charge in [0, 0.05) is 17.3 Å². The van der Waals surface area contributed by atoms with E-state index in [2.05, 4.69) is 5.32 Å². The molecule has 1 aliphatic rings. The first kappa shape index (κ1) is 29.4. The van der Waals surface area contributed by atoms with Crippen LogP contribution in [0.2, 0.25) is 5.02 Å². The van der Waals surface area contributed by atoms with Crippen molar-refractivity contribution >= 4 is 57.9 Å².